The van der Waals surface area contributed by atoms with E-state index < -0.39 is 29.6 Å². The summed E-state index contributed by atoms with van der Waals surface area (Å²) in [5.74, 6) is -2.87. The molecule has 17 heavy (non-hydrogen) atoms. The lowest BCUT2D eigenvalue weighted by Gasteiger charge is -2.09. The number of carbonyl (C=O) groups is 1. The number of allylic oxidation sites excluding steroid dienone is 2. The summed E-state index contributed by atoms with van der Waals surface area (Å²) in [6, 6.07) is 1.11. The van der Waals surface area contributed by atoms with E-state index in [0.717, 1.165) is 6.07 Å². The van der Waals surface area contributed by atoms with Gasteiger partial charge in [-0.2, -0.15) is 0 Å². The molecule has 0 saturated heterocycles. The lowest BCUT2D eigenvalue weighted by Crippen LogP contribution is -2.07. The summed E-state index contributed by atoms with van der Waals surface area (Å²) in [5.41, 5.74) is -0.0716. The van der Waals surface area contributed by atoms with E-state index in [4.69, 9.17) is 5.11 Å². The molecule has 0 spiro atoms. The normalized spacial score (nSPS) is 10.6. The third-order valence-electron chi connectivity index (χ3n) is 2.12. The molecule has 5 heteroatoms. The molecule has 4 N–H and O–H groups in total. The number of carbonyl (C=O) groups excluding carboxylic acids is 1. The summed E-state index contributed by atoms with van der Waals surface area (Å²) in [6.07, 6.45) is 4.34. The first-order chi connectivity index (χ1) is 8.02. The van der Waals surface area contributed by atoms with Crippen LogP contribution in [0.15, 0.2) is 24.8 Å². The van der Waals surface area contributed by atoms with Crippen LogP contribution in [0.4, 0.5) is 0 Å². The summed E-state index contributed by atoms with van der Waals surface area (Å²) in [5, 5.41) is 37.0. The van der Waals surface area contributed by atoms with E-state index >= 15 is 0 Å². The van der Waals surface area contributed by atoms with Gasteiger partial charge in [-0.1, -0.05) is 24.8 Å². The summed E-state index contributed by atoms with van der Waals surface area (Å²) < 4.78 is 0. The van der Waals surface area contributed by atoms with Crippen LogP contribution in [0.5, 0.6) is 17.2 Å². The second kappa shape index (κ2) is 5.18. The molecule has 1 rings (SSSR count). The van der Waals surface area contributed by atoms with Crippen molar-refractivity contribution in [1.82, 2.24) is 0 Å². The fourth-order valence-corrected chi connectivity index (χ4v) is 1.34. The SMILES string of the molecule is C=C/C=C\c1cc(O)c(O)c(O)c1C(=O)CO. The minimum atomic E-state index is -0.813. The maximum Gasteiger partial charge on any atom is 0.201 e. The zero-order valence-electron chi connectivity index (χ0n) is 8.92. The molecule has 1 aromatic rings. The number of Topliss-reactive ketones (excluding diaryl/α,β-unsaturated/α-hetero) is 1. The van der Waals surface area contributed by atoms with E-state index in [-0.39, 0.29) is 11.1 Å². The molecule has 0 heterocycles. The van der Waals surface area contributed by atoms with Crippen molar-refractivity contribution in [2.24, 2.45) is 0 Å². The average molecular weight is 236 g/mol. The van der Waals surface area contributed by atoms with Gasteiger partial charge in [0.25, 0.3) is 0 Å². The van der Waals surface area contributed by atoms with Crippen molar-refractivity contribution in [2.45, 2.75) is 0 Å². The molecule has 0 aromatic heterocycles. The maximum absolute atomic E-state index is 11.4. The number of hydrogen-bond donors (Lipinski definition) is 4. The molecule has 0 bridgehead atoms. The van der Waals surface area contributed by atoms with Crippen LogP contribution in [0.3, 0.4) is 0 Å². The molecular weight excluding hydrogens is 224 g/mol. The quantitative estimate of drug-likeness (QED) is 0.357. The minimum Gasteiger partial charge on any atom is -0.504 e. The van der Waals surface area contributed by atoms with E-state index in [9.17, 15) is 20.1 Å². The van der Waals surface area contributed by atoms with Crippen LogP contribution in [0, 0.1) is 0 Å². The highest BCUT2D eigenvalue weighted by Gasteiger charge is 2.20. The van der Waals surface area contributed by atoms with Crippen molar-refractivity contribution in [2.75, 3.05) is 6.61 Å². The predicted octanol–water partition coefficient (Wildman–Crippen LogP) is 1.18. The third-order valence-corrected chi connectivity index (χ3v) is 2.12. The number of aliphatic hydroxyl groups excluding tert-OH is 1. The molecule has 0 aliphatic rings. The van der Waals surface area contributed by atoms with Crippen LogP contribution < -0.4 is 0 Å². The molecule has 0 atom stereocenters. The largest absolute Gasteiger partial charge is 0.504 e. The van der Waals surface area contributed by atoms with Gasteiger partial charge in [0.1, 0.15) is 6.61 Å². The van der Waals surface area contributed by atoms with Crippen molar-refractivity contribution in [1.29, 1.82) is 0 Å². The second-order valence-corrected chi connectivity index (χ2v) is 3.23. The predicted molar refractivity (Wildman–Crippen MR) is 62.1 cm³/mol. The Hall–Kier alpha value is -2.27. The number of phenols is 3. The molecule has 0 radical (unpaired) electrons. The van der Waals surface area contributed by atoms with Gasteiger partial charge in [0.05, 0.1) is 5.56 Å². The lowest BCUT2D eigenvalue weighted by atomic mass is 10.0. The number of aromatic hydroxyl groups is 3. The summed E-state index contributed by atoms with van der Waals surface area (Å²) in [6.45, 7) is 2.62. The van der Waals surface area contributed by atoms with Crippen molar-refractivity contribution in [3.8, 4) is 17.2 Å². The Morgan fingerprint density at radius 2 is 1.94 bits per heavy atom. The maximum atomic E-state index is 11.4. The van der Waals surface area contributed by atoms with Crippen LogP contribution in [-0.2, 0) is 0 Å². The highest BCUT2D eigenvalue weighted by atomic mass is 16.3. The van der Waals surface area contributed by atoms with E-state index in [1.54, 1.807) is 0 Å². The monoisotopic (exact) mass is 236 g/mol. The number of phenolic OH excluding ortho intramolecular Hbond substituents is 3. The number of rotatable bonds is 4. The van der Waals surface area contributed by atoms with Crippen LogP contribution in [-0.4, -0.2) is 32.8 Å². The highest BCUT2D eigenvalue weighted by molar-refractivity contribution is 6.03. The van der Waals surface area contributed by atoms with Crippen molar-refractivity contribution in [3.63, 3.8) is 0 Å². The van der Waals surface area contributed by atoms with Gasteiger partial charge in [-0.3, -0.25) is 4.79 Å². The van der Waals surface area contributed by atoms with E-state index in [0.29, 0.717) is 0 Å². The van der Waals surface area contributed by atoms with Crippen LogP contribution >= 0.6 is 0 Å². The number of aliphatic hydroxyl groups is 1. The second-order valence-electron chi connectivity index (χ2n) is 3.23. The van der Waals surface area contributed by atoms with Crippen LogP contribution in [0.1, 0.15) is 15.9 Å². The van der Waals surface area contributed by atoms with E-state index in [2.05, 4.69) is 6.58 Å². The highest BCUT2D eigenvalue weighted by Crippen LogP contribution is 2.40. The molecule has 0 aliphatic carbocycles. The topological polar surface area (TPSA) is 98.0 Å². The molecule has 5 nitrogen and oxygen atoms in total. The van der Waals surface area contributed by atoms with Gasteiger partial charge < -0.3 is 20.4 Å². The van der Waals surface area contributed by atoms with Gasteiger partial charge >= 0.3 is 0 Å². The average Bonchev–Trinajstić information content (AvgIpc) is 2.32. The molecule has 0 unspecified atom stereocenters. The van der Waals surface area contributed by atoms with Gasteiger partial charge in [0.15, 0.2) is 17.3 Å². The standard InChI is InChI=1S/C12H12O5/c1-2-3-4-7-5-8(14)11(16)12(17)10(7)9(15)6-13/h2-5,13-14,16-17H,1,6H2/b4-3-. The van der Waals surface area contributed by atoms with E-state index in [1.165, 1.54) is 18.2 Å². The minimum absolute atomic E-state index is 0.178. The van der Waals surface area contributed by atoms with Gasteiger partial charge in [-0.15, -0.1) is 0 Å². The molecule has 0 fully saturated rings. The number of ketones is 1. The zero-order valence-corrected chi connectivity index (χ0v) is 8.92. The number of hydrogen-bond acceptors (Lipinski definition) is 5. The fraction of sp³-hybridized carbons (Fsp3) is 0.0833. The Morgan fingerprint density at radius 1 is 1.29 bits per heavy atom. The third kappa shape index (κ3) is 2.46. The first-order valence-electron chi connectivity index (χ1n) is 4.74. The van der Waals surface area contributed by atoms with Gasteiger partial charge in [0, 0.05) is 0 Å². The molecule has 0 saturated carbocycles. The van der Waals surface area contributed by atoms with Crippen molar-refractivity contribution >= 4 is 11.9 Å². The zero-order chi connectivity index (χ0) is 13.0. The fourth-order valence-electron chi connectivity index (χ4n) is 1.34. The first kappa shape index (κ1) is 12.8. The van der Waals surface area contributed by atoms with Crippen molar-refractivity contribution < 1.29 is 25.2 Å². The van der Waals surface area contributed by atoms with E-state index in [1.807, 2.05) is 0 Å². The molecule has 1 aromatic carbocycles. The molecule has 0 aliphatic heterocycles. The van der Waals surface area contributed by atoms with Gasteiger partial charge in [-0.25, -0.2) is 0 Å². The van der Waals surface area contributed by atoms with Gasteiger partial charge in [0.2, 0.25) is 5.75 Å². The molecular formula is C12H12O5. The molecule has 0 amide bonds. The Balaban J connectivity index is 3.51. The van der Waals surface area contributed by atoms with Crippen molar-refractivity contribution in [3.05, 3.63) is 35.9 Å². The molecule has 90 valence electrons. The number of benzene rings is 1. The lowest BCUT2D eigenvalue weighted by molar-refractivity contribution is 0.0900. The van der Waals surface area contributed by atoms with Crippen LogP contribution in [0.2, 0.25) is 0 Å². The Morgan fingerprint density at radius 3 is 2.47 bits per heavy atom. The Bertz CT molecular complexity index is 488. The summed E-state index contributed by atoms with van der Waals surface area (Å²) in [4.78, 5) is 11.4. The Labute approximate surface area is 97.6 Å². The van der Waals surface area contributed by atoms with Gasteiger partial charge in [-0.05, 0) is 11.6 Å². The smallest absolute Gasteiger partial charge is 0.201 e. The Kier molecular flexibility index (Phi) is 3.90. The summed E-state index contributed by atoms with van der Waals surface area (Å²) >= 11 is 0. The van der Waals surface area contributed by atoms with Crippen LogP contribution in [0.25, 0.3) is 6.08 Å². The summed E-state index contributed by atoms with van der Waals surface area (Å²) in [7, 11) is 0. The first-order valence-corrected chi connectivity index (χ1v) is 4.74.